The standard InChI is InChI=1S/C17H13F2N3O3/c18-17(19)25-15-7-2-1-5-13(15)10-21-24-11-16(23)22-14-6-3-4-12(8-14)9-20/h1-8,10,17H,11H2,(H,22,23)/b21-10-. The van der Waals surface area contributed by atoms with Crippen molar-refractivity contribution >= 4 is 17.8 Å². The lowest BCUT2D eigenvalue weighted by Gasteiger charge is -2.07. The molecule has 0 saturated heterocycles. The normalized spacial score (nSPS) is 10.5. The molecule has 0 spiro atoms. The van der Waals surface area contributed by atoms with Gasteiger partial charge < -0.3 is 14.9 Å². The summed E-state index contributed by atoms with van der Waals surface area (Å²) < 4.78 is 28.9. The number of benzene rings is 2. The van der Waals surface area contributed by atoms with Crippen molar-refractivity contribution in [3.8, 4) is 11.8 Å². The highest BCUT2D eigenvalue weighted by Gasteiger charge is 2.08. The quantitative estimate of drug-likeness (QED) is 0.617. The Morgan fingerprint density at radius 2 is 2.08 bits per heavy atom. The molecule has 6 nitrogen and oxygen atoms in total. The van der Waals surface area contributed by atoms with Crippen LogP contribution in [0.4, 0.5) is 14.5 Å². The van der Waals surface area contributed by atoms with Gasteiger partial charge in [0, 0.05) is 11.3 Å². The van der Waals surface area contributed by atoms with Crippen LogP contribution in [0.15, 0.2) is 53.7 Å². The second-order valence-electron chi connectivity index (χ2n) is 4.67. The number of carbonyl (C=O) groups excluding carboxylic acids is 1. The van der Waals surface area contributed by atoms with Crippen LogP contribution in [0.2, 0.25) is 0 Å². The Balaban J connectivity index is 1.87. The van der Waals surface area contributed by atoms with Gasteiger partial charge in [0.15, 0.2) is 6.61 Å². The van der Waals surface area contributed by atoms with Crippen LogP contribution >= 0.6 is 0 Å². The lowest BCUT2D eigenvalue weighted by Crippen LogP contribution is -2.17. The van der Waals surface area contributed by atoms with Crippen LogP contribution in [0.5, 0.6) is 5.75 Å². The van der Waals surface area contributed by atoms with Gasteiger partial charge in [0.05, 0.1) is 17.8 Å². The summed E-state index contributed by atoms with van der Waals surface area (Å²) in [6.07, 6.45) is 1.17. The Hall–Kier alpha value is -3.47. The zero-order valence-corrected chi connectivity index (χ0v) is 12.9. The van der Waals surface area contributed by atoms with Gasteiger partial charge in [-0.15, -0.1) is 0 Å². The van der Waals surface area contributed by atoms with Crippen LogP contribution in [-0.4, -0.2) is 25.3 Å². The van der Waals surface area contributed by atoms with Gasteiger partial charge in [0.25, 0.3) is 5.91 Å². The molecule has 0 saturated carbocycles. The molecular weight excluding hydrogens is 332 g/mol. The minimum absolute atomic E-state index is 0.0531. The second-order valence-corrected chi connectivity index (χ2v) is 4.67. The Morgan fingerprint density at radius 3 is 2.84 bits per heavy atom. The maximum Gasteiger partial charge on any atom is 0.387 e. The third-order valence-electron chi connectivity index (χ3n) is 2.87. The van der Waals surface area contributed by atoms with Crippen molar-refractivity contribution in [1.29, 1.82) is 5.26 Å². The molecule has 0 fully saturated rings. The monoisotopic (exact) mass is 345 g/mol. The van der Waals surface area contributed by atoms with E-state index in [-0.39, 0.29) is 17.9 Å². The van der Waals surface area contributed by atoms with Gasteiger partial charge in [0.1, 0.15) is 5.75 Å². The van der Waals surface area contributed by atoms with E-state index in [0.717, 1.165) is 0 Å². The highest BCUT2D eigenvalue weighted by atomic mass is 19.3. The van der Waals surface area contributed by atoms with E-state index in [1.165, 1.54) is 24.4 Å². The molecule has 0 radical (unpaired) electrons. The number of hydrogen-bond donors (Lipinski definition) is 1. The minimum Gasteiger partial charge on any atom is -0.434 e. The molecule has 0 unspecified atom stereocenters. The van der Waals surface area contributed by atoms with Crippen molar-refractivity contribution in [2.24, 2.45) is 5.16 Å². The molecular formula is C17H13F2N3O3. The first-order valence-corrected chi connectivity index (χ1v) is 7.07. The summed E-state index contributed by atoms with van der Waals surface area (Å²) >= 11 is 0. The lowest BCUT2D eigenvalue weighted by molar-refractivity contribution is -0.120. The van der Waals surface area contributed by atoms with Gasteiger partial charge in [-0.05, 0) is 30.3 Å². The summed E-state index contributed by atoms with van der Waals surface area (Å²) in [7, 11) is 0. The molecule has 2 rings (SSSR count). The van der Waals surface area contributed by atoms with E-state index in [4.69, 9.17) is 10.1 Å². The van der Waals surface area contributed by atoms with Crippen LogP contribution in [0.1, 0.15) is 11.1 Å². The van der Waals surface area contributed by atoms with E-state index in [1.807, 2.05) is 6.07 Å². The first-order valence-electron chi connectivity index (χ1n) is 7.07. The molecule has 0 heterocycles. The molecule has 0 aromatic heterocycles. The molecule has 1 N–H and O–H groups in total. The summed E-state index contributed by atoms with van der Waals surface area (Å²) in [5, 5.41) is 14.9. The Labute approximate surface area is 142 Å². The summed E-state index contributed by atoms with van der Waals surface area (Å²) in [6, 6.07) is 14.4. The number of halogens is 2. The van der Waals surface area contributed by atoms with E-state index in [2.05, 4.69) is 15.2 Å². The third-order valence-corrected chi connectivity index (χ3v) is 2.87. The van der Waals surface area contributed by atoms with Crippen molar-refractivity contribution in [3.63, 3.8) is 0 Å². The first kappa shape index (κ1) is 17.9. The van der Waals surface area contributed by atoms with E-state index >= 15 is 0 Å². The molecule has 0 aliphatic carbocycles. The number of nitriles is 1. The van der Waals surface area contributed by atoms with Crippen LogP contribution in [0, 0.1) is 11.3 Å². The summed E-state index contributed by atoms with van der Waals surface area (Å²) in [6.45, 7) is -3.34. The SMILES string of the molecule is N#Cc1cccc(NC(=O)CO/N=C\c2ccccc2OC(F)F)c1. The maximum absolute atomic E-state index is 12.3. The van der Waals surface area contributed by atoms with E-state index in [9.17, 15) is 13.6 Å². The Morgan fingerprint density at radius 1 is 1.28 bits per heavy atom. The number of rotatable bonds is 7. The number of ether oxygens (including phenoxy) is 1. The van der Waals surface area contributed by atoms with Crippen molar-refractivity contribution in [3.05, 3.63) is 59.7 Å². The molecule has 0 bridgehead atoms. The molecule has 0 aliphatic heterocycles. The van der Waals surface area contributed by atoms with E-state index < -0.39 is 12.5 Å². The van der Waals surface area contributed by atoms with Gasteiger partial charge >= 0.3 is 6.61 Å². The predicted octanol–water partition coefficient (Wildman–Crippen LogP) is 3.15. The number of para-hydroxylation sites is 1. The highest BCUT2D eigenvalue weighted by Crippen LogP contribution is 2.18. The Bertz CT molecular complexity index is 804. The first-order chi connectivity index (χ1) is 12.1. The summed E-state index contributed by atoms with van der Waals surface area (Å²) in [5.74, 6) is -0.535. The van der Waals surface area contributed by atoms with Crippen LogP contribution in [0.3, 0.4) is 0 Å². The molecule has 128 valence electrons. The largest absolute Gasteiger partial charge is 0.434 e. The van der Waals surface area contributed by atoms with Gasteiger partial charge in [0.2, 0.25) is 0 Å². The van der Waals surface area contributed by atoms with Crippen molar-refractivity contribution in [2.75, 3.05) is 11.9 Å². The van der Waals surface area contributed by atoms with Crippen LogP contribution < -0.4 is 10.1 Å². The van der Waals surface area contributed by atoms with Gasteiger partial charge in [-0.25, -0.2) is 0 Å². The Kier molecular flexibility index (Phi) is 6.42. The van der Waals surface area contributed by atoms with Crippen LogP contribution in [-0.2, 0) is 9.63 Å². The topological polar surface area (TPSA) is 83.7 Å². The average Bonchev–Trinajstić information content (AvgIpc) is 2.59. The van der Waals surface area contributed by atoms with Crippen molar-refractivity contribution < 1.29 is 23.1 Å². The molecule has 1 amide bonds. The molecule has 2 aromatic rings. The number of hydrogen-bond acceptors (Lipinski definition) is 5. The van der Waals surface area contributed by atoms with Crippen molar-refractivity contribution in [1.82, 2.24) is 0 Å². The number of carbonyl (C=O) groups is 1. The van der Waals surface area contributed by atoms with Crippen molar-refractivity contribution in [2.45, 2.75) is 6.61 Å². The third kappa shape index (κ3) is 5.91. The summed E-state index contributed by atoms with van der Waals surface area (Å²) in [4.78, 5) is 16.6. The second kappa shape index (κ2) is 8.98. The maximum atomic E-state index is 12.3. The summed E-state index contributed by atoms with van der Waals surface area (Å²) in [5.41, 5.74) is 1.14. The fraction of sp³-hybridized carbons (Fsp3) is 0.118. The highest BCUT2D eigenvalue weighted by molar-refractivity contribution is 5.92. The molecule has 0 aliphatic rings. The van der Waals surface area contributed by atoms with E-state index in [1.54, 1.807) is 30.3 Å². The molecule has 0 atom stereocenters. The number of nitrogens with zero attached hydrogens (tertiary/aromatic N) is 2. The predicted molar refractivity (Wildman–Crippen MR) is 86.4 cm³/mol. The minimum atomic E-state index is -2.95. The van der Waals surface area contributed by atoms with E-state index in [0.29, 0.717) is 11.3 Å². The van der Waals surface area contributed by atoms with Gasteiger partial charge in [-0.1, -0.05) is 23.4 Å². The van der Waals surface area contributed by atoms with Gasteiger partial charge in [-0.3, -0.25) is 4.79 Å². The number of anilines is 1. The average molecular weight is 345 g/mol. The van der Waals surface area contributed by atoms with Crippen LogP contribution in [0.25, 0.3) is 0 Å². The van der Waals surface area contributed by atoms with Gasteiger partial charge in [-0.2, -0.15) is 14.0 Å². The smallest absolute Gasteiger partial charge is 0.387 e. The lowest BCUT2D eigenvalue weighted by atomic mass is 10.2. The zero-order chi connectivity index (χ0) is 18.1. The fourth-order valence-electron chi connectivity index (χ4n) is 1.84. The number of nitrogens with one attached hydrogen (secondary N) is 1. The number of amides is 1. The zero-order valence-electron chi connectivity index (χ0n) is 12.9. The molecule has 8 heteroatoms. The molecule has 25 heavy (non-hydrogen) atoms. The number of alkyl halides is 2. The number of oxime groups is 1. The molecule has 2 aromatic carbocycles. The fourth-order valence-corrected chi connectivity index (χ4v) is 1.84.